The maximum atomic E-state index is 12.8. The van der Waals surface area contributed by atoms with Gasteiger partial charge in [-0.2, -0.15) is 17.9 Å². The number of benzene rings is 1. The van der Waals surface area contributed by atoms with Gasteiger partial charge in [0.1, 0.15) is 0 Å². The van der Waals surface area contributed by atoms with Crippen molar-refractivity contribution in [2.75, 3.05) is 0 Å². The van der Waals surface area contributed by atoms with Crippen molar-refractivity contribution in [2.45, 2.75) is 23.3 Å². The van der Waals surface area contributed by atoms with E-state index in [2.05, 4.69) is 4.74 Å². The van der Waals surface area contributed by atoms with E-state index in [0.717, 1.165) is 24.3 Å². The first kappa shape index (κ1) is 29.0. The summed E-state index contributed by atoms with van der Waals surface area (Å²) in [6.45, 7) is 0. The molecule has 1 aromatic heterocycles. The number of carbonyl (C=O) groups excluding carboxylic acids is 3. The van der Waals surface area contributed by atoms with Crippen molar-refractivity contribution in [3.63, 3.8) is 0 Å². The third-order valence-electron chi connectivity index (χ3n) is 4.01. The topological polar surface area (TPSA) is 230 Å². The predicted octanol–water partition coefficient (Wildman–Crippen LogP) is -0.531. The Kier molecular flexibility index (Phi) is 9.15. The number of aliphatic carboxylic acids is 1. The second kappa shape index (κ2) is 11.7. The van der Waals surface area contributed by atoms with E-state index in [1.807, 2.05) is 10.9 Å². The van der Waals surface area contributed by atoms with E-state index in [1.165, 1.54) is 18.2 Å². The fraction of sp³-hybridized carbons (Fsp3) is 0.167. The molecule has 0 bridgehead atoms. The summed E-state index contributed by atoms with van der Waals surface area (Å²) in [5.74, 6) is -7.80. The molecule has 8 N–H and O–H groups in total. The fourth-order valence-electron chi connectivity index (χ4n) is 2.41. The van der Waals surface area contributed by atoms with Crippen LogP contribution in [0.1, 0.15) is 19.3 Å². The fourth-order valence-corrected chi connectivity index (χ4v) is 4.42. The van der Waals surface area contributed by atoms with Crippen molar-refractivity contribution in [2.24, 2.45) is 5.73 Å². The monoisotopic (exact) mass is 566 g/mol. The Hall–Kier alpha value is -4.23. The Balaban J connectivity index is 2.34. The largest absolute Gasteiger partial charge is 0.491 e. The van der Waals surface area contributed by atoms with Crippen LogP contribution in [0.15, 0.2) is 47.4 Å². The molecule has 0 radical (unpaired) electrons. The van der Waals surface area contributed by atoms with Gasteiger partial charge in [-0.3, -0.25) is 30.6 Å². The minimum atomic E-state index is -5.62. The van der Waals surface area contributed by atoms with Crippen molar-refractivity contribution >= 4 is 51.1 Å². The Morgan fingerprint density at radius 2 is 1.57 bits per heavy atom. The molecule has 0 aliphatic rings. The van der Waals surface area contributed by atoms with Gasteiger partial charge in [-0.25, -0.2) is 13.2 Å². The average Bonchev–Trinajstić information content (AvgIpc) is 3.31. The first-order valence-corrected chi connectivity index (χ1v) is 11.8. The highest BCUT2D eigenvalue weighted by molar-refractivity contribution is 7.89. The number of hydrazine groups is 1. The number of alkyl halides is 3. The third kappa shape index (κ3) is 8.15. The van der Waals surface area contributed by atoms with Crippen molar-refractivity contribution in [3.8, 4) is 0 Å². The number of nitrogens with two attached hydrogens (primary N) is 1. The van der Waals surface area contributed by atoms with Crippen LogP contribution in [0.4, 0.5) is 13.2 Å². The van der Waals surface area contributed by atoms with Crippen LogP contribution in [0.3, 0.4) is 0 Å². The van der Waals surface area contributed by atoms with Crippen LogP contribution >= 0.6 is 11.3 Å². The van der Waals surface area contributed by atoms with Crippen LogP contribution in [0.25, 0.3) is 0 Å². The van der Waals surface area contributed by atoms with Gasteiger partial charge in [0.05, 0.1) is 14.6 Å². The number of thiophene rings is 1. The lowest BCUT2D eigenvalue weighted by Crippen LogP contribution is -2.58. The summed E-state index contributed by atoms with van der Waals surface area (Å²) in [5, 5.41) is 18.2. The van der Waals surface area contributed by atoms with E-state index in [9.17, 15) is 45.9 Å². The van der Waals surface area contributed by atoms with E-state index < -0.39 is 63.1 Å². The Bertz CT molecular complexity index is 1300. The zero-order valence-corrected chi connectivity index (χ0v) is 19.7. The zero-order chi connectivity index (χ0) is 28.0. The number of carboxylic acids is 1. The van der Waals surface area contributed by atoms with E-state index in [-0.39, 0.29) is 9.75 Å². The van der Waals surface area contributed by atoms with Crippen molar-refractivity contribution < 1.29 is 50.6 Å². The van der Waals surface area contributed by atoms with Crippen LogP contribution in [0.2, 0.25) is 0 Å². The van der Waals surface area contributed by atoms with Crippen molar-refractivity contribution in [1.82, 2.24) is 20.9 Å². The molecular formula is C18H17F3N6O8S2. The number of sulfonamides is 1. The maximum Gasteiger partial charge on any atom is 0.491 e. The van der Waals surface area contributed by atoms with E-state index in [1.54, 1.807) is 10.0 Å². The Morgan fingerprint density at radius 1 is 1.00 bits per heavy atom. The lowest BCUT2D eigenvalue weighted by atomic mass is 10.2. The zero-order valence-electron chi connectivity index (χ0n) is 18.0. The number of ether oxygens (including phenoxy) is 1. The molecule has 0 aliphatic heterocycles. The molecule has 19 heteroatoms. The Labute approximate surface area is 209 Å². The number of hydrogen-bond acceptors (Lipinski definition) is 9. The van der Waals surface area contributed by atoms with Gasteiger partial charge >= 0.3 is 18.1 Å². The number of halogens is 3. The number of hydrogen-bond donors (Lipinski definition) is 7. The second-order valence-corrected chi connectivity index (χ2v) is 9.50. The molecule has 14 nitrogen and oxygen atoms in total. The van der Waals surface area contributed by atoms with Gasteiger partial charge in [0.15, 0.2) is 6.04 Å². The molecule has 200 valence electrons. The van der Waals surface area contributed by atoms with Crippen molar-refractivity contribution in [3.05, 3.63) is 52.2 Å². The van der Waals surface area contributed by atoms with E-state index in [4.69, 9.17) is 11.1 Å². The summed E-state index contributed by atoms with van der Waals surface area (Å²) in [5.41, 5.74) is 9.00. The lowest BCUT2D eigenvalue weighted by Gasteiger charge is -2.25. The first-order valence-electron chi connectivity index (χ1n) is 9.51. The normalized spacial score (nSPS) is 13.1. The molecule has 1 unspecified atom stereocenters. The molecule has 0 saturated carbocycles. The first-order chi connectivity index (χ1) is 17.1. The molecule has 1 heterocycles. The molecule has 2 atom stereocenters. The number of esters is 1. The number of guanidine groups is 1. The Morgan fingerprint density at radius 3 is 2.08 bits per heavy atom. The molecule has 0 spiro atoms. The third-order valence-corrected chi connectivity index (χ3v) is 6.55. The van der Waals surface area contributed by atoms with Crippen LogP contribution in [0.5, 0.6) is 0 Å². The lowest BCUT2D eigenvalue weighted by molar-refractivity contribution is -0.207. The highest BCUT2D eigenvalue weighted by atomic mass is 32.2. The predicted molar refractivity (Wildman–Crippen MR) is 118 cm³/mol. The number of carbonyl (C=O) groups is 4. The number of carboxylic acid groups (broad SMARTS) is 1. The van der Waals surface area contributed by atoms with Crippen LogP contribution < -0.4 is 26.6 Å². The van der Waals surface area contributed by atoms with Gasteiger partial charge in [0, 0.05) is 0 Å². The molecule has 0 fully saturated rings. The molecule has 2 rings (SSSR count). The molecular weight excluding hydrogens is 549 g/mol. The summed E-state index contributed by atoms with van der Waals surface area (Å²) in [4.78, 5) is 46.8. The molecule has 0 aliphatic carbocycles. The van der Waals surface area contributed by atoms with Gasteiger partial charge in [-0.05, 0) is 24.3 Å². The summed E-state index contributed by atoms with van der Waals surface area (Å²) >= 11 is 0.473. The second-order valence-electron chi connectivity index (χ2n) is 6.70. The van der Waals surface area contributed by atoms with Gasteiger partial charge in [0.2, 0.25) is 22.2 Å². The van der Waals surface area contributed by atoms with Crippen LogP contribution in [-0.2, 0) is 24.3 Å². The average molecular weight is 566 g/mol. The summed E-state index contributed by atoms with van der Waals surface area (Å²) in [6.07, 6.45) is -8.31. The standard InChI is InChI=1S/C18H17F3N6O8S2/c19-18(20,21)16(32)35-14(11(15(30)31)27-37(33,34)8-4-2-1-3-5-8)24-12(28)9-6-7-10(36-9)13(29)25-26-17(22)23/h1-7,11,14,27H,(H,24,28)(H,25,29)(H,30,31)(H4,22,23,26)/t11-,14?/m0/s1. The number of rotatable bonds is 9. The smallest absolute Gasteiger partial charge is 0.480 e. The highest BCUT2D eigenvalue weighted by Crippen LogP contribution is 2.20. The molecule has 37 heavy (non-hydrogen) atoms. The van der Waals surface area contributed by atoms with Gasteiger partial charge in [-0.15, -0.1) is 11.3 Å². The highest BCUT2D eigenvalue weighted by Gasteiger charge is 2.46. The molecule has 1 aromatic carbocycles. The van der Waals surface area contributed by atoms with Crippen LogP contribution in [0, 0.1) is 5.41 Å². The van der Waals surface area contributed by atoms with Gasteiger partial charge in [0.25, 0.3) is 11.8 Å². The maximum absolute atomic E-state index is 12.8. The van der Waals surface area contributed by atoms with E-state index in [0.29, 0.717) is 11.3 Å². The summed E-state index contributed by atoms with van der Waals surface area (Å²) in [6, 6.07) is 5.62. The van der Waals surface area contributed by atoms with Gasteiger partial charge in [-0.1, -0.05) is 18.2 Å². The minimum absolute atomic E-state index is 0.151. The quantitative estimate of drug-likeness (QED) is 0.0674. The minimum Gasteiger partial charge on any atom is -0.480 e. The summed E-state index contributed by atoms with van der Waals surface area (Å²) < 4.78 is 69.2. The molecule has 2 aromatic rings. The molecule has 2 amide bonds. The van der Waals surface area contributed by atoms with Gasteiger partial charge < -0.3 is 20.9 Å². The van der Waals surface area contributed by atoms with Crippen molar-refractivity contribution in [1.29, 1.82) is 5.41 Å². The SMILES string of the molecule is N=C(N)NNC(=O)c1ccc(C(=O)NC(OC(=O)C(F)(F)F)[C@H](NS(=O)(=O)c2ccccc2)C(=O)O)s1. The number of nitrogens with one attached hydrogen (secondary N) is 5. The van der Waals surface area contributed by atoms with Crippen LogP contribution in [-0.4, -0.2) is 61.7 Å². The summed E-state index contributed by atoms with van der Waals surface area (Å²) in [7, 11) is -4.68. The number of amides is 2. The molecule has 0 saturated heterocycles. The van der Waals surface area contributed by atoms with E-state index >= 15 is 0 Å².